The Balaban J connectivity index is 2.52. The first kappa shape index (κ1) is 10.9. The van der Waals surface area contributed by atoms with Gasteiger partial charge in [0.2, 0.25) is 5.91 Å². The molecule has 0 aliphatic heterocycles. The molecular formula is C8H11ClN4O. The summed E-state index contributed by atoms with van der Waals surface area (Å²) in [7, 11) is 3.63. The summed E-state index contributed by atoms with van der Waals surface area (Å²) < 4.78 is 0. The van der Waals surface area contributed by atoms with Crippen LogP contribution < -0.4 is 5.32 Å². The molecule has 1 heterocycles. The number of hydrogen-bond acceptors (Lipinski definition) is 4. The van der Waals surface area contributed by atoms with Gasteiger partial charge in [-0.15, -0.1) is 0 Å². The van der Waals surface area contributed by atoms with Crippen molar-refractivity contribution < 1.29 is 4.79 Å². The SMILES string of the molecule is CN(C)CC(=O)Nc1cnc(Cl)cn1. The van der Waals surface area contributed by atoms with Gasteiger partial charge in [-0.3, -0.25) is 4.79 Å². The van der Waals surface area contributed by atoms with E-state index in [9.17, 15) is 4.79 Å². The predicted molar refractivity (Wildman–Crippen MR) is 54.2 cm³/mol. The van der Waals surface area contributed by atoms with Gasteiger partial charge in [0, 0.05) is 0 Å². The van der Waals surface area contributed by atoms with E-state index in [0.29, 0.717) is 17.5 Å². The topological polar surface area (TPSA) is 58.1 Å². The maximum atomic E-state index is 11.3. The minimum Gasteiger partial charge on any atom is -0.308 e. The molecule has 0 bridgehead atoms. The molecule has 0 aliphatic carbocycles. The fraction of sp³-hybridized carbons (Fsp3) is 0.375. The number of halogens is 1. The molecular weight excluding hydrogens is 204 g/mol. The van der Waals surface area contributed by atoms with Crippen LogP contribution in [-0.2, 0) is 4.79 Å². The van der Waals surface area contributed by atoms with Crippen LogP contribution in [0.15, 0.2) is 12.4 Å². The number of carbonyl (C=O) groups excluding carboxylic acids is 1. The minimum atomic E-state index is -0.133. The van der Waals surface area contributed by atoms with Crippen LogP contribution in [0.5, 0.6) is 0 Å². The molecule has 0 fully saturated rings. The minimum absolute atomic E-state index is 0.133. The fourth-order valence-electron chi connectivity index (χ4n) is 0.846. The summed E-state index contributed by atoms with van der Waals surface area (Å²) >= 11 is 5.54. The second-order valence-electron chi connectivity index (χ2n) is 3.01. The molecule has 0 aliphatic rings. The second kappa shape index (κ2) is 4.88. The maximum absolute atomic E-state index is 11.3. The van der Waals surface area contributed by atoms with E-state index in [2.05, 4.69) is 15.3 Å². The molecule has 1 rings (SSSR count). The third-order valence-electron chi connectivity index (χ3n) is 1.35. The monoisotopic (exact) mass is 214 g/mol. The van der Waals surface area contributed by atoms with Gasteiger partial charge in [0.1, 0.15) is 5.15 Å². The lowest BCUT2D eigenvalue weighted by molar-refractivity contribution is -0.116. The lowest BCUT2D eigenvalue weighted by atomic mass is 10.5. The van der Waals surface area contributed by atoms with E-state index in [1.807, 2.05) is 14.1 Å². The summed E-state index contributed by atoms with van der Waals surface area (Å²) in [6.07, 6.45) is 2.79. The largest absolute Gasteiger partial charge is 0.308 e. The average molecular weight is 215 g/mol. The van der Waals surface area contributed by atoms with Gasteiger partial charge in [0.05, 0.1) is 18.9 Å². The van der Waals surface area contributed by atoms with E-state index in [1.165, 1.54) is 12.4 Å². The van der Waals surface area contributed by atoms with Crippen molar-refractivity contribution in [3.63, 3.8) is 0 Å². The number of nitrogens with one attached hydrogen (secondary N) is 1. The van der Waals surface area contributed by atoms with Crippen LogP contribution in [0, 0.1) is 0 Å². The van der Waals surface area contributed by atoms with Crippen molar-refractivity contribution >= 4 is 23.3 Å². The number of rotatable bonds is 3. The molecule has 0 aromatic carbocycles. The first-order valence-electron chi connectivity index (χ1n) is 4.00. The Labute approximate surface area is 87.1 Å². The molecule has 0 spiro atoms. The zero-order valence-electron chi connectivity index (χ0n) is 7.99. The summed E-state index contributed by atoms with van der Waals surface area (Å²) in [4.78, 5) is 20.7. The molecule has 14 heavy (non-hydrogen) atoms. The quantitative estimate of drug-likeness (QED) is 0.802. The summed E-state index contributed by atoms with van der Waals surface area (Å²) in [5, 5.41) is 2.89. The molecule has 1 N–H and O–H groups in total. The Morgan fingerprint density at radius 1 is 1.50 bits per heavy atom. The van der Waals surface area contributed by atoms with Crippen LogP contribution in [0.1, 0.15) is 0 Å². The maximum Gasteiger partial charge on any atom is 0.239 e. The van der Waals surface area contributed by atoms with Gasteiger partial charge in [0.25, 0.3) is 0 Å². The van der Waals surface area contributed by atoms with Crippen molar-refractivity contribution in [1.29, 1.82) is 0 Å². The normalized spacial score (nSPS) is 10.3. The van der Waals surface area contributed by atoms with Crippen molar-refractivity contribution in [3.05, 3.63) is 17.5 Å². The number of amides is 1. The summed E-state index contributed by atoms with van der Waals surface area (Å²) in [6.45, 7) is 0.310. The highest BCUT2D eigenvalue weighted by Gasteiger charge is 2.04. The molecule has 76 valence electrons. The highest BCUT2D eigenvalue weighted by Crippen LogP contribution is 2.04. The van der Waals surface area contributed by atoms with Crippen LogP contribution in [0.25, 0.3) is 0 Å². The Morgan fingerprint density at radius 2 is 2.21 bits per heavy atom. The number of carbonyl (C=O) groups is 1. The van der Waals surface area contributed by atoms with Crippen molar-refractivity contribution in [3.8, 4) is 0 Å². The molecule has 1 aromatic rings. The smallest absolute Gasteiger partial charge is 0.239 e. The van der Waals surface area contributed by atoms with Crippen LogP contribution in [-0.4, -0.2) is 41.4 Å². The van der Waals surface area contributed by atoms with E-state index in [1.54, 1.807) is 4.90 Å². The summed E-state index contributed by atoms with van der Waals surface area (Å²) in [6, 6.07) is 0. The Bertz CT molecular complexity index is 312. The number of anilines is 1. The first-order valence-corrected chi connectivity index (χ1v) is 4.38. The van der Waals surface area contributed by atoms with Crippen LogP contribution in [0.3, 0.4) is 0 Å². The molecule has 1 amide bonds. The molecule has 0 saturated carbocycles. The van der Waals surface area contributed by atoms with Gasteiger partial charge < -0.3 is 10.2 Å². The predicted octanol–water partition coefficient (Wildman–Crippen LogP) is 0.630. The zero-order valence-corrected chi connectivity index (χ0v) is 8.75. The van der Waals surface area contributed by atoms with E-state index in [4.69, 9.17) is 11.6 Å². The summed E-state index contributed by atoms with van der Waals surface area (Å²) in [5.41, 5.74) is 0. The van der Waals surface area contributed by atoms with Crippen molar-refractivity contribution in [1.82, 2.24) is 14.9 Å². The highest BCUT2D eigenvalue weighted by atomic mass is 35.5. The second-order valence-corrected chi connectivity index (χ2v) is 3.40. The lowest BCUT2D eigenvalue weighted by Gasteiger charge is -2.08. The molecule has 0 radical (unpaired) electrons. The molecule has 0 atom stereocenters. The Morgan fingerprint density at radius 3 is 2.71 bits per heavy atom. The Kier molecular flexibility index (Phi) is 3.79. The van der Waals surface area contributed by atoms with Gasteiger partial charge >= 0.3 is 0 Å². The molecule has 0 saturated heterocycles. The molecule has 6 heteroatoms. The molecule has 0 unspecified atom stereocenters. The first-order chi connectivity index (χ1) is 6.58. The lowest BCUT2D eigenvalue weighted by Crippen LogP contribution is -2.27. The molecule has 5 nitrogen and oxygen atoms in total. The van der Waals surface area contributed by atoms with Gasteiger partial charge in [0.15, 0.2) is 5.82 Å². The van der Waals surface area contributed by atoms with Gasteiger partial charge in [-0.25, -0.2) is 9.97 Å². The van der Waals surface area contributed by atoms with Gasteiger partial charge in [-0.1, -0.05) is 11.6 Å². The average Bonchev–Trinajstić information content (AvgIpc) is 2.07. The number of aromatic nitrogens is 2. The van der Waals surface area contributed by atoms with Gasteiger partial charge in [-0.2, -0.15) is 0 Å². The standard InChI is InChI=1S/C8H11ClN4O/c1-13(2)5-8(14)12-7-4-10-6(9)3-11-7/h3-4H,5H2,1-2H3,(H,11,12,14). The van der Waals surface area contributed by atoms with E-state index < -0.39 is 0 Å². The zero-order chi connectivity index (χ0) is 10.6. The van der Waals surface area contributed by atoms with E-state index in [-0.39, 0.29) is 5.91 Å². The Hall–Kier alpha value is -1.20. The van der Waals surface area contributed by atoms with Crippen molar-refractivity contribution in [2.75, 3.05) is 26.0 Å². The van der Waals surface area contributed by atoms with Crippen LogP contribution in [0.2, 0.25) is 5.15 Å². The molecule has 1 aromatic heterocycles. The van der Waals surface area contributed by atoms with E-state index >= 15 is 0 Å². The number of nitrogens with zero attached hydrogens (tertiary/aromatic N) is 3. The van der Waals surface area contributed by atoms with E-state index in [0.717, 1.165) is 0 Å². The third kappa shape index (κ3) is 3.68. The third-order valence-corrected chi connectivity index (χ3v) is 1.54. The van der Waals surface area contributed by atoms with Crippen LogP contribution in [0.4, 0.5) is 5.82 Å². The highest BCUT2D eigenvalue weighted by molar-refractivity contribution is 6.29. The number of hydrogen-bond donors (Lipinski definition) is 1. The summed E-state index contributed by atoms with van der Waals surface area (Å²) in [5.74, 6) is 0.271. The van der Waals surface area contributed by atoms with Crippen molar-refractivity contribution in [2.45, 2.75) is 0 Å². The van der Waals surface area contributed by atoms with Gasteiger partial charge in [-0.05, 0) is 14.1 Å². The number of likely N-dealkylation sites (N-methyl/N-ethyl adjacent to an activating group) is 1. The fourth-order valence-corrected chi connectivity index (χ4v) is 0.944. The van der Waals surface area contributed by atoms with Crippen LogP contribution >= 0.6 is 11.6 Å². The van der Waals surface area contributed by atoms with Crippen molar-refractivity contribution in [2.24, 2.45) is 0 Å².